The smallest absolute Gasteiger partial charge is 0.306 e. The predicted octanol–water partition coefficient (Wildman–Crippen LogP) is 23.9. The van der Waals surface area contributed by atoms with Crippen molar-refractivity contribution in [2.75, 3.05) is 13.2 Å². The molecule has 0 fully saturated rings. The lowest BCUT2D eigenvalue weighted by Crippen LogP contribution is -2.30. The van der Waals surface area contributed by atoms with Crippen LogP contribution in [-0.2, 0) is 28.6 Å². The molecule has 0 heterocycles. The minimum Gasteiger partial charge on any atom is -0.462 e. The van der Waals surface area contributed by atoms with Crippen LogP contribution in [0, 0.1) is 0 Å². The van der Waals surface area contributed by atoms with E-state index >= 15 is 0 Å². The van der Waals surface area contributed by atoms with Gasteiger partial charge in [0.25, 0.3) is 0 Å². The standard InChI is InChI=1S/C77H126O6/c1-4-7-10-13-16-19-22-24-26-28-30-32-34-36-37-38-39-41-42-44-46-48-50-52-55-58-61-64-67-70-76(79)82-73-74(72-81-75(78)69-66-63-60-57-54-21-18-15-12-9-6-3)83-77(80)71-68-65-62-59-56-53-51-49-47-45-43-40-35-33-31-29-27-25-23-20-17-14-11-8-5-2/h7-8,10-11,15-20,24-27,30-33,40,43,47,49,53,56,74H,4-6,9,12-14,21-23,28-29,34-39,41-42,44-46,48,50-52,54-55,57-73H2,1-3H3/b10-7-,11-8-,18-15-,19-16-,20-17-,26-24-,27-25-,32-30-,33-31-,43-40-,49-47-,56-53-. The molecular weight excluding hydrogens is 1020 g/mol. The maximum Gasteiger partial charge on any atom is 0.306 e. The summed E-state index contributed by atoms with van der Waals surface area (Å²) in [5.74, 6) is -0.937. The number of carbonyl (C=O) groups excluding carboxylic acids is 3. The van der Waals surface area contributed by atoms with E-state index in [1.54, 1.807) is 0 Å². The Kier molecular flexibility index (Phi) is 65.8. The molecule has 1 unspecified atom stereocenters. The normalized spacial score (nSPS) is 13.0. The van der Waals surface area contributed by atoms with E-state index in [-0.39, 0.29) is 37.5 Å². The summed E-state index contributed by atoms with van der Waals surface area (Å²) in [4.78, 5) is 38.3. The van der Waals surface area contributed by atoms with E-state index in [1.165, 1.54) is 116 Å². The molecule has 0 saturated heterocycles. The van der Waals surface area contributed by atoms with Crippen molar-refractivity contribution >= 4 is 17.9 Å². The van der Waals surface area contributed by atoms with Crippen LogP contribution in [0.15, 0.2) is 146 Å². The first-order valence-electron chi connectivity index (χ1n) is 34.3. The molecule has 1 atom stereocenters. The van der Waals surface area contributed by atoms with Crippen molar-refractivity contribution in [3.8, 4) is 0 Å². The van der Waals surface area contributed by atoms with Crippen LogP contribution in [0.3, 0.4) is 0 Å². The van der Waals surface area contributed by atoms with Crippen LogP contribution in [0.5, 0.6) is 0 Å². The van der Waals surface area contributed by atoms with Crippen LogP contribution < -0.4 is 0 Å². The Morgan fingerprint density at radius 3 is 0.759 bits per heavy atom. The van der Waals surface area contributed by atoms with Gasteiger partial charge < -0.3 is 14.2 Å². The second kappa shape index (κ2) is 69.8. The van der Waals surface area contributed by atoms with Gasteiger partial charge >= 0.3 is 17.9 Å². The average Bonchev–Trinajstić information content (AvgIpc) is 3.48. The predicted molar refractivity (Wildman–Crippen MR) is 362 cm³/mol. The van der Waals surface area contributed by atoms with Crippen LogP contribution in [-0.4, -0.2) is 37.2 Å². The van der Waals surface area contributed by atoms with Gasteiger partial charge in [0.15, 0.2) is 6.10 Å². The minimum absolute atomic E-state index is 0.0972. The molecule has 470 valence electrons. The number of rotatable bonds is 61. The Bertz CT molecular complexity index is 1800. The van der Waals surface area contributed by atoms with E-state index in [9.17, 15) is 14.4 Å². The molecule has 6 heteroatoms. The van der Waals surface area contributed by atoms with Gasteiger partial charge in [0.2, 0.25) is 0 Å². The Labute approximate surface area is 512 Å². The van der Waals surface area contributed by atoms with Crippen LogP contribution in [0.25, 0.3) is 0 Å². The highest BCUT2D eigenvalue weighted by atomic mass is 16.6. The third-order valence-corrected chi connectivity index (χ3v) is 14.3. The first-order chi connectivity index (χ1) is 41.0. The van der Waals surface area contributed by atoms with E-state index in [0.717, 1.165) is 148 Å². The Morgan fingerprint density at radius 1 is 0.253 bits per heavy atom. The fourth-order valence-corrected chi connectivity index (χ4v) is 9.22. The number of esters is 3. The molecule has 0 N–H and O–H groups in total. The number of hydrogen-bond acceptors (Lipinski definition) is 6. The zero-order chi connectivity index (χ0) is 59.9. The molecule has 0 saturated carbocycles. The quantitative estimate of drug-likeness (QED) is 0.0261. The zero-order valence-electron chi connectivity index (χ0n) is 53.9. The summed E-state index contributed by atoms with van der Waals surface area (Å²) in [5, 5.41) is 0. The largest absolute Gasteiger partial charge is 0.462 e. The van der Waals surface area contributed by atoms with Crippen LogP contribution in [0.1, 0.15) is 303 Å². The van der Waals surface area contributed by atoms with Gasteiger partial charge in [-0.1, -0.05) is 295 Å². The van der Waals surface area contributed by atoms with E-state index in [2.05, 4.69) is 167 Å². The van der Waals surface area contributed by atoms with E-state index in [1.807, 2.05) is 0 Å². The topological polar surface area (TPSA) is 78.9 Å². The lowest BCUT2D eigenvalue weighted by atomic mass is 10.0. The maximum absolute atomic E-state index is 12.9. The van der Waals surface area contributed by atoms with Crippen molar-refractivity contribution in [2.45, 2.75) is 309 Å². The van der Waals surface area contributed by atoms with Crippen molar-refractivity contribution < 1.29 is 28.6 Å². The summed E-state index contributed by atoms with van der Waals surface area (Å²) < 4.78 is 16.9. The third kappa shape index (κ3) is 68.0. The van der Waals surface area contributed by atoms with Gasteiger partial charge in [-0.05, 0) is 135 Å². The summed E-state index contributed by atoms with van der Waals surface area (Å²) in [5.41, 5.74) is 0. The van der Waals surface area contributed by atoms with Crippen LogP contribution in [0.4, 0.5) is 0 Å². The van der Waals surface area contributed by atoms with Crippen molar-refractivity contribution in [2.24, 2.45) is 0 Å². The Morgan fingerprint density at radius 2 is 0.470 bits per heavy atom. The maximum atomic E-state index is 12.9. The Balaban J connectivity index is 4.30. The van der Waals surface area contributed by atoms with Crippen molar-refractivity contribution in [1.29, 1.82) is 0 Å². The molecule has 83 heavy (non-hydrogen) atoms. The summed E-state index contributed by atoms with van der Waals surface area (Å²) in [7, 11) is 0. The van der Waals surface area contributed by atoms with E-state index in [4.69, 9.17) is 14.2 Å². The van der Waals surface area contributed by atoms with Crippen LogP contribution >= 0.6 is 0 Å². The van der Waals surface area contributed by atoms with Gasteiger partial charge in [-0.2, -0.15) is 0 Å². The molecule has 6 nitrogen and oxygen atoms in total. The third-order valence-electron chi connectivity index (χ3n) is 14.3. The van der Waals surface area contributed by atoms with Gasteiger partial charge in [-0.3, -0.25) is 14.4 Å². The number of ether oxygens (including phenoxy) is 3. The highest BCUT2D eigenvalue weighted by Crippen LogP contribution is 2.16. The molecule has 0 aromatic rings. The van der Waals surface area contributed by atoms with Crippen molar-refractivity contribution in [1.82, 2.24) is 0 Å². The number of hydrogen-bond donors (Lipinski definition) is 0. The highest BCUT2D eigenvalue weighted by molar-refractivity contribution is 5.71. The van der Waals surface area contributed by atoms with Gasteiger partial charge in [0, 0.05) is 19.3 Å². The second-order valence-electron chi connectivity index (χ2n) is 22.3. The summed E-state index contributed by atoms with van der Waals surface area (Å²) in [6.45, 7) is 6.35. The average molecular weight is 1150 g/mol. The van der Waals surface area contributed by atoms with Gasteiger partial charge in [0.05, 0.1) is 0 Å². The summed E-state index contributed by atoms with van der Waals surface area (Å²) >= 11 is 0. The van der Waals surface area contributed by atoms with E-state index in [0.29, 0.717) is 12.8 Å². The van der Waals surface area contributed by atoms with Gasteiger partial charge in [-0.25, -0.2) is 0 Å². The lowest BCUT2D eigenvalue weighted by molar-refractivity contribution is -0.167. The highest BCUT2D eigenvalue weighted by Gasteiger charge is 2.19. The zero-order valence-corrected chi connectivity index (χ0v) is 53.9. The molecule has 0 spiro atoms. The summed E-state index contributed by atoms with van der Waals surface area (Å²) in [6, 6.07) is 0. The monoisotopic (exact) mass is 1150 g/mol. The molecule has 0 aliphatic carbocycles. The minimum atomic E-state index is -0.805. The number of unbranched alkanes of at least 4 members (excludes halogenated alkanes) is 26. The number of carbonyl (C=O) groups is 3. The number of allylic oxidation sites excluding steroid dienone is 24. The molecule has 0 bridgehead atoms. The fourth-order valence-electron chi connectivity index (χ4n) is 9.22. The molecular formula is C77H126O6. The van der Waals surface area contributed by atoms with E-state index < -0.39 is 6.10 Å². The van der Waals surface area contributed by atoms with Crippen molar-refractivity contribution in [3.05, 3.63) is 146 Å². The molecule has 0 aliphatic rings. The SMILES string of the molecule is CC/C=C\C/C=C\C/C=C\C/C=C\C/C=C\C/C=C\C/C=C\CCCCCC(=O)OC(COC(=O)CCCCCCC/C=C\CCCC)COC(=O)CCCCCCCCCCCCCCCCCC/C=C\C/C=C\C/C=C\C/C=C\CC. The van der Waals surface area contributed by atoms with Gasteiger partial charge in [-0.15, -0.1) is 0 Å². The summed E-state index contributed by atoms with van der Waals surface area (Å²) in [6.07, 6.45) is 100. The first-order valence-corrected chi connectivity index (χ1v) is 34.3. The first kappa shape index (κ1) is 78.3. The molecule has 0 aliphatic heterocycles. The van der Waals surface area contributed by atoms with Crippen LogP contribution in [0.2, 0.25) is 0 Å². The van der Waals surface area contributed by atoms with Crippen molar-refractivity contribution in [3.63, 3.8) is 0 Å². The molecule has 0 aromatic heterocycles. The lowest BCUT2D eigenvalue weighted by Gasteiger charge is -2.18. The molecule has 0 radical (unpaired) electrons. The van der Waals surface area contributed by atoms with Gasteiger partial charge in [0.1, 0.15) is 13.2 Å². The fraction of sp³-hybridized carbons (Fsp3) is 0.649. The molecule has 0 amide bonds. The molecule has 0 rings (SSSR count). The second-order valence-corrected chi connectivity index (χ2v) is 22.3. The Hall–Kier alpha value is -4.71. The molecule has 0 aromatic carbocycles.